The van der Waals surface area contributed by atoms with Crippen LogP contribution in [-0.2, 0) is 6.61 Å². The van der Waals surface area contributed by atoms with Gasteiger partial charge < -0.3 is 9.72 Å². The summed E-state index contributed by atoms with van der Waals surface area (Å²) in [5, 5.41) is 9.75. The zero-order valence-corrected chi connectivity index (χ0v) is 14.9. The Morgan fingerprint density at radius 1 is 1.11 bits per heavy atom. The van der Waals surface area contributed by atoms with E-state index >= 15 is 0 Å². The summed E-state index contributed by atoms with van der Waals surface area (Å²) in [7, 11) is 0. The minimum absolute atomic E-state index is 0.0319. The van der Waals surface area contributed by atoms with Crippen LogP contribution in [0.15, 0.2) is 47.3 Å². The van der Waals surface area contributed by atoms with Gasteiger partial charge >= 0.3 is 0 Å². The summed E-state index contributed by atoms with van der Waals surface area (Å²) >= 11 is 6.08. The number of nitriles is 1. The van der Waals surface area contributed by atoms with Gasteiger partial charge in [0.05, 0.1) is 0 Å². The van der Waals surface area contributed by atoms with Crippen LogP contribution in [0.1, 0.15) is 16.8 Å². The first kappa shape index (κ1) is 18.6. The molecule has 0 atom stereocenters. The van der Waals surface area contributed by atoms with Gasteiger partial charge in [-0.1, -0.05) is 17.7 Å². The molecule has 1 heterocycles. The van der Waals surface area contributed by atoms with Crippen molar-refractivity contribution in [3.05, 3.63) is 86.3 Å². The number of pyridine rings is 1. The van der Waals surface area contributed by atoms with Crippen LogP contribution in [-0.4, -0.2) is 4.98 Å². The maximum absolute atomic E-state index is 13.4. The van der Waals surface area contributed by atoms with Gasteiger partial charge in [0.2, 0.25) is 0 Å². The summed E-state index contributed by atoms with van der Waals surface area (Å²) in [5.41, 5.74) is 1.25. The first-order valence-corrected chi connectivity index (χ1v) is 8.27. The van der Waals surface area contributed by atoms with Gasteiger partial charge in [0.1, 0.15) is 24.0 Å². The predicted molar refractivity (Wildman–Crippen MR) is 97.7 cm³/mol. The van der Waals surface area contributed by atoms with Gasteiger partial charge in [-0.25, -0.2) is 8.78 Å². The van der Waals surface area contributed by atoms with Crippen molar-refractivity contribution in [1.29, 1.82) is 5.26 Å². The lowest BCUT2D eigenvalue weighted by molar-refractivity contribution is 0.306. The second-order valence-corrected chi connectivity index (χ2v) is 6.30. The van der Waals surface area contributed by atoms with Crippen molar-refractivity contribution in [3.63, 3.8) is 0 Å². The van der Waals surface area contributed by atoms with Crippen LogP contribution < -0.4 is 10.3 Å². The third kappa shape index (κ3) is 3.99. The molecule has 1 N–H and O–H groups in total. The van der Waals surface area contributed by atoms with E-state index in [0.29, 0.717) is 33.2 Å². The fourth-order valence-electron chi connectivity index (χ4n) is 2.64. The van der Waals surface area contributed by atoms with Crippen molar-refractivity contribution in [2.24, 2.45) is 0 Å². The molecule has 0 saturated heterocycles. The maximum atomic E-state index is 13.4. The van der Waals surface area contributed by atoms with E-state index < -0.39 is 17.2 Å². The molecule has 3 rings (SSSR count). The molecule has 0 unspecified atom stereocenters. The number of nitrogens with zero attached hydrogens (tertiary/aromatic N) is 1. The largest absolute Gasteiger partial charge is 0.488 e. The normalized spacial score (nSPS) is 10.5. The molecule has 4 nitrogen and oxygen atoms in total. The minimum atomic E-state index is -0.968. The van der Waals surface area contributed by atoms with E-state index in [2.05, 4.69) is 4.98 Å². The second kappa shape index (κ2) is 7.60. The van der Waals surface area contributed by atoms with Crippen LogP contribution in [0.3, 0.4) is 0 Å². The molecular weight excluding hydrogens is 374 g/mol. The van der Waals surface area contributed by atoms with Gasteiger partial charge in [0.15, 0.2) is 11.6 Å². The molecule has 27 heavy (non-hydrogen) atoms. The van der Waals surface area contributed by atoms with E-state index in [1.807, 2.05) is 6.07 Å². The van der Waals surface area contributed by atoms with Crippen molar-refractivity contribution >= 4 is 11.6 Å². The summed E-state index contributed by atoms with van der Waals surface area (Å²) in [5.74, 6) is -1.56. The average Bonchev–Trinajstić information content (AvgIpc) is 2.63. The second-order valence-electron chi connectivity index (χ2n) is 5.86. The molecule has 3 aromatic rings. The Morgan fingerprint density at radius 3 is 2.59 bits per heavy atom. The highest BCUT2D eigenvalue weighted by atomic mass is 35.5. The molecule has 1 aromatic heterocycles. The Morgan fingerprint density at radius 2 is 1.89 bits per heavy atom. The predicted octanol–water partition coefficient (Wildman–Crippen LogP) is 4.73. The van der Waals surface area contributed by atoms with Crippen LogP contribution in [0.5, 0.6) is 5.75 Å². The molecule has 2 aromatic carbocycles. The third-order valence-corrected chi connectivity index (χ3v) is 4.12. The van der Waals surface area contributed by atoms with Crippen molar-refractivity contribution in [2.75, 3.05) is 0 Å². The lowest BCUT2D eigenvalue weighted by atomic mass is 10.00. The topological polar surface area (TPSA) is 65.9 Å². The lowest BCUT2D eigenvalue weighted by Gasteiger charge is -2.14. The van der Waals surface area contributed by atoms with E-state index in [1.165, 1.54) is 6.07 Å². The molecule has 0 radical (unpaired) electrons. The number of rotatable bonds is 4. The number of nitrogens with one attached hydrogen (secondary N) is 1. The fraction of sp³-hybridized carbons (Fsp3) is 0.100. The molecule has 0 aliphatic rings. The molecule has 0 bridgehead atoms. The number of ether oxygens (including phenoxy) is 1. The number of aryl methyl sites for hydroxylation is 1. The number of hydrogen-bond donors (Lipinski definition) is 1. The smallest absolute Gasteiger partial charge is 0.266 e. The van der Waals surface area contributed by atoms with Crippen LogP contribution in [0, 0.1) is 29.9 Å². The Kier molecular flexibility index (Phi) is 5.24. The molecule has 136 valence electrons. The fourth-order valence-corrected chi connectivity index (χ4v) is 2.81. The summed E-state index contributed by atoms with van der Waals surface area (Å²) in [4.78, 5) is 14.7. The van der Waals surface area contributed by atoms with Crippen molar-refractivity contribution in [1.82, 2.24) is 4.98 Å². The number of H-pyrrole nitrogens is 1. The lowest BCUT2D eigenvalue weighted by Crippen LogP contribution is -2.13. The Balaban J connectivity index is 2.03. The molecule has 0 spiro atoms. The summed E-state index contributed by atoms with van der Waals surface area (Å²) in [6.45, 7) is 1.66. The SMILES string of the molecule is Cc1cc(-c2cc(Cl)ccc2OCc2ccc(F)c(F)c2)c(C#N)c(=O)[nH]1. The molecule has 0 amide bonds. The minimum Gasteiger partial charge on any atom is -0.488 e. The third-order valence-electron chi connectivity index (χ3n) is 3.89. The molecule has 0 aliphatic heterocycles. The molecule has 0 saturated carbocycles. The molecular formula is C20H13ClF2N2O2. The van der Waals surface area contributed by atoms with E-state index in [9.17, 15) is 18.8 Å². The standard InChI is InChI=1S/C20H13ClF2N2O2/c1-11-6-14(16(9-24)20(26)25-11)15-8-13(21)3-5-19(15)27-10-12-2-4-17(22)18(23)7-12/h2-8H,10H2,1H3,(H,25,26). The summed E-state index contributed by atoms with van der Waals surface area (Å²) in [6.07, 6.45) is 0. The Hall–Kier alpha value is -3.17. The molecule has 7 heteroatoms. The number of aromatic nitrogens is 1. The van der Waals surface area contributed by atoms with Gasteiger partial charge in [-0.2, -0.15) is 5.26 Å². The van der Waals surface area contributed by atoms with Crippen molar-refractivity contribution in [3.8, 4) is 22.9 Å². The Labute approximate surface area is 158 Å². The Bertz CT molecular complexity index is 1120. The van der Waals surface area contributed by atoms with Crippen molar-refractivity contribution in [2.45, 2.75) is 13.5 Å². The summed E-state index contributed by atoms with van der Waals surface area (Å²) < 4.78 is 32.2. The number of benzene rings is 2. The number of aromatic amines is 1. The van der Waals surface area contributed by atoms with Crippen LogP contribution in [0.25, 0.3) is 11.1 Å². The highest BCUT2D eigenvalue weighted by Crippen LogP contribution is 2.34. The first-order chi connectivity index (χ1) is 12.9. The van der Waals surface area contributed by atoms with E-state index in [4.69, 9.17) is 16.3 Å². The van der Waals surface area contributed by atoms with Crippen molar-refractivity contribution < 1.29 is 13.5 Å². The number of hydrogen-bond acceptors (Lipinski definition) is 3. The van der Waals surface area contributed by atoms with Crippen LogP contribution in [0.2, 0.25) is 5.02 Å². The van der Waals surface area contributed by atoms with E-state index in [1.54, 1.807) is 31.2 Å². The average molecular weight is 387 g/mol. The number of halogens is 3. The zero-order chi connectivity index (χ0) is 19.6. The first-order valence-electron chi connectivity index (χ1n) is 7.89. The quantitative estimate of drug-likeness (QED) is 0.704. The van der Waals surface area contributed by atoms with Crippen LogP contribution in [0.4, 0.5) is 8.78 Å². The zero-order valence-electron chi connectivity index (χ0n) is 14.1. The van der Waals surface area contributed by atoms with Gasteiger partial charge in [-0.15, -0.1) is 0 Å². The van der Waals surface area contributed by atoms with Gasteiger partial charge in [0, 0.05) is 21.8 Å². The maximum Gasteiger partial charge on any atom is 0.266 e. The van der Waals surface area contributed by atoms with Gasteiger partial charge in [-0.3, -0.25) is 4.79 Å². The monoisotopic (exact) mass is 386 g/mol. The van der Waals surface area contributed by atoms with E-state index in [-0.39, 0.29) is 12.2 Å². The van der Waals surface area contributed by atoms with Gasteiger partial charge in [-0.05, 0) is 48.9 Å². The van der Waals surface area contributed by atoms with Gasteiger partial charge in [0.25, 0.3) is 5.56 Å². The van der Waals surface area contributed by atoms with E-state index in [0.717, 1.165) is 12.1 Å². The van der Waals surface area contributed by atoms with Crippen LogP contribution >= 0.6 is 11.6 Å². The molecule has 0 fully saturated rings. The summed E-state index contributed by atoms with van der Waals surface area (Å²) in [6, 6.07) is 11.8. The highest BCUT2D eigenvalue weighted by molar-refractivity contribution is 6.31. The highest BCUT2D eigenvalue weighted by Gasteiger charge is 2.15. The molecule has 0 aliphatic carbocycles.